The predicted octanol–water partition coefficient (Wildman–Crippen LogP) is 3.30. The van der Waals surface area contributed by atoms with Crippen molar-refractivity contribution in [1.29, 1.82) is 5.26 Å². The van der Waals surface area contributed by atoms with Crippen LogP contribution in [0.4, 0.5) is 0 Å². The largest absolute Gasteiger partial charge is 0.493 e. The molecular formula is C22H18N4O3. The summed E-state index contributed by atoms with van der Waals surface area (Å²) in [6.45, 7) is 0.246. The molecule has 0 bridgehead atoms. The number of nitrogens with zero attached hydrogens (tertiary/aromatic N) is 3. The van der Waals surface area contributed by atoms with E-state index in [0.717, 1.165) is 11.1 Å². The number of ether oxygens (including phenoxy) is 2. The van der Waals surface area contributed by atoms with Crippen LogP contribution < -0.4 is 14.9 Å². The van der Waals surface area contributed by atoms with Gasteiger partial charge in [-0.1, -0.05) is 18.2 Å². The van der Waals surface area contributed by atoms with Gasteiger partial charge >= 0.3 is 0 Å². The van der Waals surface area contributed by atoms with Crippen molar-refractivity contribution in [2.45, 2.75) is 6.61 Å². The van der Waals surface area contributed by atoms with E-state index in [1.54, 1.807) is 36.4 Å². The van der Waals surface area contributed by atoms with Crippen LogP contribution in [0.15, 0.2) is 72.1 Å². The van der Waals surface area contributed by atoms with Crippen LogP contribution >= 0.6 is 0 Å². The molecule has 0 aliphatic rings. The molecule has 2 aromatic carbocycles. The van der Waals surface area contributed by atoms with Crippen LogP contribution in [-0.4, -0.2) is 24.2 Å². The Balaban J connectivity index is 1.65. The lowest BCUT2D eigenvalue weighted by Crippen LogP contribution is -2.17. The summed E-state index contributed by atoms with van der Waals surface area (Å²) in [5.41, 5.74) is 5.01. The lowest BCUT2D eigenvalue weighted by molar-refractivity contribution is 0.0955. The van der Waals surface area contributed by atoms with Gasteiger partial charge in [-0.2, -0.15) is 10.4 Å². The molecule has 0 fully saturated rings. The maximum Gasteiger partial charge on any atom is 0.271 e. The number of pyridine rings is 1. The highest BCUT2D eigenvalue weighted by Gasteiger charge is 2.08. The van der Waals surface area contributed by atoms with Crippen LogP contribution in [0.3, 0.4) is 0 Å². The Bertz CT molecular complexity index is 1060. The summed E-state index contributed by atoms with van der Waals surface area (Å²) in [6.07, 6.45) is 4.59. The first-order valence-corrected chi connectivity index (χ1v) is 8.73. The third-order valence-electron chi connectivity index (χ3n) is 4.03. The van der Waals surface area contributed by atoms with Crippen molar-refractivity contribution in [1.82, 2.24) is 10.4 Å². The van der Waals surface area contributed by atoms with Crippen molar-refractivity contribution in [3.63, 3.8) is 0 Å². The maximum atomic E-state index is 12.0. The molecule has 0 aliphatic carbocycles. The number of amides is 1. The number of nitrogens with one attached hydrogen (secondary N) is 1. The molecule has 1 heterocycles. The Hall–Kier alpha value is -4.18. The number of carbonyl (C=O) groups excluding carboxylic acids is 1. The molecule has 7 nitrogen and oxygen atoms in total. The zero-order valence-electron chi connectivity index (χ0n) is 15.7. The van der Waals surface area contributed by atoms with Gasteiger partial charge in [0.15, 0.2) is 11.5 Å². The van der Waals surface area contributed by atoms with Gasteiger partial charge in [-0.25, -0.2) is 5.43 Å². The minimum Gasteiger partial charge on any atom is -0.493 e. The first-order chi connectivity index (χ1) is 14.2. The van der Waals surface area contributed by atoms with Crippen molar-refractivity contribution in [2.75, 3.05) is 7.11 Å². The van der Waals surface area contributed by atoms with Crippen LogP contribution in [0.2, 0.25) is 0 Å². The zero-order valence-corrected chi connectivity index (χ0v) is 15.7. The highest BCUT2D eigenvalue weighted by molar-refractivity contribution is 5.94. The molecule has 7 heteroatoms. The fourth-order valence-electron chi connectivity index (χ4n) is 2.53. The van der Waals surface area contributed by atoms with E-state index in [4.69, 9.17) is 14.7 Å². The molecule has 0 aliphatic heterocycles. The Morgan fingerprint density at radius 1 is 1.17 bits per heavy atom. The fourth-order valence-corrected chi connectivity index (χ4v) is 2.53. The molecule has 0 spiro atoms. The summed E-state index contributed by atoms with van der Waals surface area (Å²) in [7, 11) is 1.54. The quantitative estimate of drug-likeness (QED) is 0.496. The molecule has 29 heavy (non-hydrogen) atoms. The SMILES string of the molecule is COc1cc(/C=N\NC(=O)c2ccncc2)ccc1OCc1ccccc1C#N. The molecule has 3 aromatic rings. The Morgan fingerprint density at radius 2 is 1.97 bits per heavy atom. The number of hydrogen-bond acceptors (Lipinski definition) is 6. The standard InChI is InChI=1S/C22H18N4O3/c1-28-21-12-16(14-25-26-22(27)17-8-10-24-11-9-17)6-7-20(21)29-15-19-5-3-2-4-18(19)13-23/h2-12,14H,15H2,1H3,(H,26,27)/b25-14-. The van der Waals surface area contributed by atoms with E-state index in [1.165, 1.54) is 25.7 Å². The van der Waals surface area contributed by atoms with Gasteiger partial charge in [-0.15, -0.1) is 0 Å². The second kappa shape index (κ2) is 9.67. The zero-order chi connectivity index (χ0) is 20.5. The normalized spacial score (nSPS) is 10.3. The van der Waals surface area contributed by atoms with Crippen LogP contribution in [0.25, 0.3) is 0 Å². The van der Waals surface area contributed by atoms with Crippen molar-refractivity contribution in [2.24, 2.45) is 5.10 Å². The number of methoxy groups -OCH3 is 1. The summed E-state index contributed by atoms with van der Waals surface area (Å²) in [5, 5.41) is 13.1. The molecule has 1 aromatic heterocycles. The molecule has 0 radical (unpaired) electrons. The van der Waals surface area contributed by atoms with E-state index >= 15 is 0 Å². The van der Waals surface area contributed by atoms with E-state index in [-0.39, 0.29) is 12.5 Å². The lowest BCUT2D eigenvalue weighted by atomic mass is 10.1. The van der Waals surface area contributed by atoms with Gasteiger partial charge in [-0.05, 0) is 42.0 Å². The van der Waals surface area contributed by atoms with Gasteiger partial charge in [0.05, 0.1) is 25.0 Å². The third-order valence-corrected chi connectivity index (χ3v) is 4.03. The topological polar surface area (TPSA) is 96.6 Å². The summed E-state index contributed by atoms with van der Waals surface area (Å²) in [4.78, 5) is 15.8. The van der Waals surface area contributed by atoms with Crippen molar-refractivity contribution in [3.05, 3.63) is 89.2 Å². The number of rotatable bonds is 7. The number of hydrogen-bond donors (Lipinski definition) is 1. The molecule has 144 valence electrons. The van der Waals surface area contributed by atoms with Gasteiger partial charge in [0.2, 0.25) is 0 Å². The first kappa shape index (κ1) is 19.6. The maximum absolute atomic E-state index is 12.0. The highest BCUT2D eigenvalue weighted by Crippen LogP contribution is 2.28. The minimum absolute atomic E-state index is 0.246. The van der Waals surface area contributed by atoms with E-state index in [9.17, 15) is 4.79 Å². The number of carbonyl (C=O) groups is 1. The Morgan fingerprint density at radius 3 is 2.72 bits per heavy atom. The van der Waals surface area contributed by atoms with Crippen molar-refractivity contribution in [3.8, 4) is 17.6 Å². The monoisotopic (exact) mass is 386 g/mol. The summed E-state index contributed by atoms with van der Waals surface area (Å²) >= 11 is 0. The number of hydrazone groups is 1. The second-order valence-corrected chi connectivity index (χ2v) is 5.90. The molecule has 0 saturated heterocycles. The molecule has 0 saturated carbocycles. The van der Waals surface area contributed by atoms with Crippen molar-refractivity contribution < 1.29 is 14.3 Å². The Labute approximate surface area is 168 Å². The lowest BCUT2D eigenvalue weighted by Gasteiger charge is -2.12. The van der Waals surface area contributed by atoms with Gasteiger partial charge in [0.25, 0.3) is 5.91 Å². The van der Waals surface area contributed by atoms with Gasteiger partial charge in [0.1, 0.15) is 6.61 Å². The fraction of sp³-hybridized carbons (Fsp3) is 0.0909. The molecule has 1 N–H and O–H groups in total. The first-order valence-electron chi connectivity index (χ1n) is 8.73. The Kier molecular flexibility index (Phi) is 6.53. The molecule has 1 amide bonds. The molecular weight excluding hydrogens is 368 g/mol. The van der Waals surface area contributed by atoms with E-state index < -0.39 is 0 Å². The average molecular weight is 386 g/mol. The number of nitriles is 1. The molecule has 0 unspecified atom stereocenters. The highest BCUT2D eigenvalue weighted by atomic mass is 16.5. The smallest absolute Gasteiger partial charge is 0.271 e. The van der Waals surface area contributed by atoms with Crippen molar-refractivity contribution >= 4 is 12.1 Å². The number of aromatic nitrogens is 1. The van der Waals surface area contributed by atoms with Crippen LogP contribution in [0, 0.1) is 11.3 Å². The average Bonchev–Trinajstić information content (AvgIpc) is 2.78. The predicted molar refractivity (Wildman–Crippen MR) is 108 cm³/mol. The van der Waals surface area contributed by atoms with Crippen LogP contribution in [0.1, 0.15) is 27.0 Å². The van der Waals surface area contributed by atoms with Crippen LogP contribution in [-0.2, 0) is 6.61 Å². The van der Waals surface area contributed by atoms with Gasteiger partial charge in [-0.3, -0.25) is 9.78 Å². The summed E-state index contributed by atoms with van der Waals surface area (Å²) < 4.78 is 11.2. The van der Waals surface area contributed by atoms with E-state index in [1.807, 2.05) is 18.2 Å². The minimum atomic E-state index is -0.327. The molecule has 0 atom stereocenters. The summed E-state index contributed by atoms with van der Waals surface area (Å²) in [5.74, 6) is 0.730. The number of benzene rings is 2. The van der Waals surface area contributed by atoms with Gasteiger partial charge in [0, 0.05) is 23.5 Å². The molecule has 3 rings (SSSR count). The van der Waals surface area contributed by atoms with E-state index in [0.29, 0.717) is 22.6 Å². The summed E-state index contributed by atoms with van der Waals surface area (Å²) in [6, 6.07) is 17.9. The van der Waals surface area contributed by atoms with Gasteiger partial charge < -0.3 is 9.47 Å². The second-order valence-electron chi connectivity index (χ2n) is 5.90. The van der Waals surface area contributed by atoms with E-state index in [2.05, 4.69) is 21.6 Å². The van der Waals surface area contributed by atoms with Crippen LogP contribution in [0.5, 0.6) is 11.5 Å². The third kappa shape index (κ3) is 5.17.